The van der Waals surface area contributed by atoms with Crippen LogP contribution in [0, 0.1) is 24.2 Å². The maximum atomic E-state index is 12.7. The normalized spacial score (nSPS) is 31.8. The first kappa shape index (κ1) is 13.5. The summed E-state index contributed by atoms with van der Waals surface area (Å²) in [6.45, 7) is 1.88. The molecule has 0 amide bonds. The summed E-state index contributed by atoms with van der Waals surface area (Å²) in [5.74, 6) is 0.178. The molecule has 2 saturated heterocycles. The van der Waals surface area contributed by atoms with Crippen LogP contribution in [-0.2, 0) is 10.8 Å². The second-order valence-corrected chi connectivity index (χ2v) is 7.81. The highest BCUT2D eigenvalue weighted by atomic mass is 32.2. The number of ketones is 1. The maximum Gasteiger partial charge on any atom is 0.166 e. The molecule has 2 bridgehead atoms. The van der Waals surface area contributed by atoms with Crippen LogP contribution < -0.4 is 0 Å². The van der Waals surface area contributed by atoms with E-state index in [0.29, 0.717) is 5.56 Å². The number of rotatable bonds is 2. The number of benzene rings is 1. The lowest BCUT2D eigenvalue weighted by molar-refractivity contribution is 0.0905. The van der Waals surface area contributed by atoms with Gasteiger partial charge in [0.15, 0.2) is 5.78 Å². The summed E-state index contributed by atoms with van der Waals surface area (Å²) in [5, 5.41) is 9.33. The van der Waals surface area contributed by atoms with Gasteiger partial charge in [0, 0.05) is 32.8 Å². The predicted molar refractivity (Wildman–Crippen MR) is 77.9 cm³/mol. The summed E-state index contributed by atoms with van der Waals surface area (Å²) in [6.07, 6.45) is 3.55. The van der Waals surface area contributed by atoms with E-state index in [9.17, 15) is 9.00 Å². The van der Waals surface area contributed by atoms with Crippen LogP contribution in [-0.4, -0.2) is 20.5 Å². The molecule has 2 atom stereocenters. The summed E-state index contributed by atoms with van der Waals surface area (Å²) in [4.78, 5) is 12.7. The van der Waals surface area contributed by atoms with Gasteiger partial charge >= 0.3 is 0 Å². The SMILES string of the molecule is Cc1cc(C#N)ccc1C(=O)C1CC2CCC(C1)S2=O. The molecule has 0 aromatic heterocycles. The van der Waals surface area contributed by atoms with Crippen LogP contribution in [0.1, 0.15) is 47.2 Å². The zero-order chi connectivity index (χ0) is 14.3. The van der Waals surface area contributed by atoms with Gasteiger partial charge in [0.2, 0.25) is 0 Å². The predicted octanol–water partition coefficient (Wildman–Crippen LogP) is 2.74. The number of hydrogen-bond acceptors (Lipinski definition) is 3. The molecule has 2 fully saturated rings. The number of Topliss-reactive ketones (excluding diaryl/α,β-unsaturated/α-hetero) is 1. The molecule has 4 heteroatoms. The lowest BCUT2D eigenvalue weighted by atomic mass is 9.88. The van der Waals surface area contributed by atoms with Crippen molar-refractivity contribution in [3.8, 4) is 6.07 Å². The van der Waals surface area contributed by atoms with E-state index in [-0.39, 0.29) is 22.2 Å². The Morgan fingerprint density at radius 1 is 1.30 bits per heavy atom. The lowest BCUT2D eigenvalue weighted by Gasteiger charge is -2.26. The number of nitriles is 1. The van der Waals surface area contributed by atoms with Crippen molar-refractivity contribution in [2.45, 2.75) is 43.1 Å². The highest BCUT2D eigenvalue weighted by Crippen LogP contribution is 2.40. The Morgan fingerprint density at radius 2 is 1.95 bits per heavy atom. The molecule has 3 nitrogen and oxygen atoms in total. The van der Waals surface area contributed by atoms with Crippen molar-refractivity contribution in [1.82, 2.24) is 0 Å². The van der Waals surface area contributed by atoms with Crippen molar-refractivity contribution in [2.24, 2.45) is 5.92 Å². The van der Waals surface area contributed by atoms with Crippen LogP contribution in [0.15, 0.2) is 18.2 Å². The van der Waals surface area contributed by atoms with Gasteiger partial charge < -0.3 is 0 Å². The monoisotopic (exact) mass is 287 g/mol. The third kappa shape index (κ3) is 2.20. The third-order valence-corrected chi connectivity index (χ3v) is 6.72. The van der Waals surface area contributed by atoms with Crippen LogP contribution >= 0.6 is 0 Å². The second-order valence-electron chi connectivity index (χ2n) is 5.82. The van der Waals surface area contributed by atoms with E-state index in [0.717, 1.165) is 36.8 Å². The second kappa shape index (κ2) is 5.14. The van der Waals surface area contributed by atoms with Crippen molar-refractivity contribution >= 4 is 16.6 Å². The number of carbonyl (C=O) groups is 1. The van der Waals surface area contributed by atoms with Gasteiger partial charge in [-0.2, -0.15) is 5.26 Å². The molecule has 0 N–H and O–H groups in total. The van der Waals surface area contributed by atoms with Crippen LogP contribution in [0.25, 0.3) is 0 Å². The fraction of sp³-hybridized carbons (Fsp3) is 0.500. The molecular weight excluding hydrogens is 270 g/mol. The molecule has 20 heavy (non-hydrogen) atoms. The van der Waals surface area contributed by atoms with Gasteiger partial charge in [-0.3, -0.25) is 9.00 Å². The number of nitrogens with zero attached hydrogens (tertiary/aromatic N) is 1. The van der Waals surface area contributed by atoms with E-state index in [2.05, 4.69) is 6.07 Å². The summed E-state index contributed by atoms with van der Waals surface area (Å²) in [6, 6.07) is 7.33. The van der Waals surface area contributed by atoms with Crippen molar-refractivity contribution < 1.29 is 9.00 Å². The molecule has 1 aromatic carbocycles. The average molecular weight is 287 g/mol. The van der Waals surface area contributed by atoms with Gasteiger partial charge in [-0.1, -0.05) is 0 Å². The minimum absolute atomic E-state index is 0.0110. The minimum atomic E-state index is -0.718. The third-order valence-electron chi connectivity index (χ3n) is 4.55. The maximum absolute atomic E-state index is 12.7. The van der Waals surface area contributed by atoms with E-state index >= 15 is 0 Å². The fourth-order valence-electron chi connectivity index (χ4n) is 3.48. The first-order valence-electron chi connectivity index (χ1n) is 7.04. The Balaban J connectivity index is 1.84. The summed E-state index contributed by atoms with van der Waals surface area (Å²) >= 11 is 0. The first-order valence-corrected chi connectivity index (χ1v) is 8.32. The van der Waals surface area contributed by atoms with Crippen LogP contribution in [0.5, 0.6) is 0 Å². The first-order chi connectivity index (χ1) is 9.60. The number of carbonyl (C=O) groups excluding carboxylic acids is 1. The van der Waals surface area contributed by atoms with Crippen LogP contribution in [0.2, 0.25) is 0 Å². The Morgan fingerprint density at radius 3 is 2.50 bits per heavy atom. The molecule has 104 valence electrons. The molecule has 2 heterocycles. The van der Waals surface area contributed by atoms with E-state index < -0.39 is 10.8 Å². The van der Waals surface area contributed by atoms with Gasteiger partial charge in [-0.25, -0.2) is 0 Å². The van der Waals surface area contributed by atoms with Crippen molar-refractivity contribution in [3.63, 3.8) is 0 Å². The molecule has 2 aliphatic heterocycles. The van der Waals surface area contributed by atoms with Crippen LogP contribution in [0.4, 0.5) is 0 Å². The number of hydrogen-bond donors (Lipinski definition) is 0. The van der Waals surface area contributed by atoms with Gasteiger partial charge in [-0.05, 0) is 56.4 Å². The summed E-state index contributed by atoms with van der Waals surface area (Å²) in [7, 11) is -0.718. The molecule has 0 aliphatic carbocycles. The highest BCUT2D eigenvalue weighted by Gasteiger charge is 2.42. The highest BCUT2D eigenvalue weighted by molar-refractivity contribution is 7.86. The zero-order valence-corrected chi connectivity index (χ0v) is 12.3. The molecule has 0 saturated carbocycles. The lowest BCUT2D eigenvalue weighted by Crippen LogP contribution is -2.32. The quantitative estimate of drug-likeness (QED) is 0.786. The molecule has 2 aliphatic rings. The average Bonchev–Trinajstić information content (AvgIpc) is 2.67. The molecule has 2 unspecified atom stereocenters. The molecule has 3 rings (SSSR count). The number of aryl methyl sites for hydroxylation is 1. The van der Waals surface area contributed by atoms with E-state index in [1.807, 2.05) is 6.92 Å². The Hall–Kier alpha value is -1.47. The number of fused-ring (bicyclic) bond motifs is 2. The Labute approximate surface area is 121 Å². The Bertz CT molecular complexity index is 616. The van der Waals surface area contributed by atoms with Gasteiger partial charge in [0.05, 0.1) is 11.6 Å². The molecular formula is C16H17NO2S. The van der Waals surface area contributed by atoms with Crippen molar-refractivity contribution in [2.75, 3.05) is 0 Å². The van der Waals surface area contributed by atoms with Gasteiger partial charge in [0.1, 0.15) is 0 Å². The standard InChI is InChI=1S/C16H17NO2S/c1-10-6-11(9-17)2-5-15(10)16(18)12-7-13-3-4-14(8-12)20(13)19/h2,5-6,12-14H,3-4,7-8H2,1H3. The van der Waals surface area contributed by atoms with E-state index in [4.69, 9.17) is 5.26 Å². The van der Waals surface area contributed by atoms with Gasteiger partial charge in [0.25, 0.3) is 0 Å². The van der Waals surface area contributed by atoms with Crippen molar-refractivity contribution in [3.05, 3.63) is 34.9 Å². The van der Waals surface area contributed by atoms with Crippen molar-refractivity contribution in [1.29, 1.82) is 5.26 Å². The minimum Gasteiger partial charge on any atom is -0.294 e. The fourth-order valence-corrected chi connectivity index (χ4v) is 5.60. The smallest absolute Gasteiger partial charge is 0.166 e. The zero-order valence-electron chi connectivity index (χ0n) is 11.5. The summed E-state index contributed by atoms with van der Waals surface area (Å²) < 4.78 is 12.0. The molecule has 0 spiro atoms. The molecule has 0 radical (unpaired) electrons. The topological polar surface area (TPSA) is 57.9 Å². The van der Waals surface area contributed by atoms with Crippen LogP contribution in [0.3, 0.4) is 0 Å². The largest absolute Gasteiger partial charge is 0.294 e. The Kier molecular flexibility index (Phi) is 3.47. The van der Waals surface area contributed by atoms with E-state index in [1.54, 1.807) is 18.2 Å². The molecule has 1 aromatic rings. The van der Waals surface area contributed by atoms with Gasteiger partial charge in [-0.15, -0.1) is 0 Å². The summed E-state index contributed by atoms with van der Waals surface area (Å²) in [5.41, 5.74) is 2.18. The van der Waals surface area contributed by atoms with E-state index in [1.165, 1.54) is 0 Å².